The number of amides is 1. The molecule has 0 spiro atoms. The van der Waals surface area contributed by atoms with Crippen LogP contribution in [0.2, 0.25) is 0 Å². The summed E-state index contributed by atoms with van der Waals surface area (Å²) in [7, 11) is 0. The molecule has 2 unspecified atom stereocenters. The number of hydrogen-bond acceptors (Lipinski definition) is 4. The van der Waals surface area contributed by atoms with Crippen LogP contribution in [0.3, 0.4) is 0 Å². The first kappa shape index (κ1) is 16.6. The van der Waals surface area contributed by atoms with E-state index in [9.17, 15) is 4.79 Å². The number of hydrogen-bond donors (Lipinski definition) is 2. The summed E-state index contributed by atoms with van der Waals surface area (Å²) in [5.41, 5.74) is 3.22. The number of nitrogens with zero attached hydrogens (tertiary/aromatic N) is 1. The second-order valence-electron chi connectivity index (χ2n) is 7.38. The van der Waals surface area contributed by atoms with Gasteiger partial charge in [0, 0.05) is 25.2 Å². The van der Waals surface area contributed by atoms with E-state index < -0.39 is 5.60 Å². The molecular formula is C16H31N3O2. The summed E-state index contributed by atoms with van der Waals surface area (Å²) in [6, 6.07) is 0.715. The molecule has 1 saturated heterocycles. The van der Waals surface area contributed by atoms with Crippen LogP contribution in [0.15, 0.2) is 0 Å². The third-order valence-corrected chi connectivity index (χ3v) is 4.12. The van der Waals surface area contributed by atoms with Crippen LogP contribution >= 0.6 is 0 Å². The Morgan fingerprint density at radius 1 is 1.05 bits per heavy atom. The third kappa shape index (κ3) is 6.22. The molecule has 0 aromatic rings. The highest BCUT2D eigenvalue weighted by atomic mass is 16.6. The molecule has 2 atom stereocenters. The maximum atomic E-state index is 11.9. The Hall–Kier alpha value is -0.810. The van der Waals surface area contributed by atoms with Crippen molar-refractivity contribution in [3.05, 3.63) is 0 Å². The average molecular weight is 297 g/mol. The molecule has 2 rings (SSSR count). The van der Waals surface area contributed by atoms with Gasteiger partial charge >= 0.3 is 6.09 Å². The van der Waals surface area contributed by atoms with Gasteiger partial charge in [0.2, 0.25) is 0 Å². The quantitative estimate of drug-likeness (QED) is 0.841. The highest BCUT2D eigenvalue weighted by Crippen LogP contribution is 2.20. The molecule has 5 nitrogen and oxygen atoms in total. The molecule has 1 amide bonds. The summed E-state index contributed by atoms with van der Waals surface area (Å²) < 4.78 is 5.34. The number of alkyl carbamates (subject to hydrolysis) is 1. The van der Waals surface area contributed by atoms with E-state index in [-0.39, 0.29) is 12.1 Å². The number of nitrogens with one attached hydrogen (secondary N) is 2. The lowest BCUT2D eigenvalue weighted by Gasteiger charge is -2.36. The lowest BCUT2D eigenvalue weighted by molar-refractivity contribution is 0.0472. The van der Waals surface area contributed by atoms with Gasteiger partial charge in [0.15, 0.2) is 0 Å². The molecule has 21 heavy (non-hydrogen) atoms. The fraction of sp³-hybridized carbons (Fsp3) is 0.938. The zero-order valence-corrected chi connectivity index (χ0v) is 13.8. The van der Waals surface area contributed by atoms with Crippen LogP contribution < -0.4 is 10.7 Å². The van der Waals surface area contributed by atoms with Crippen LogP contribution in [-0.4, -0.2) is 41.9 Å². The number of rotatable bonds is 3. The van der Waals surface area contributed by atoms with Crippen molar-refractivity contribution in [2.75, 3.05) is 13.1 Å². The average Bonchev–Trinajstić information content (AvgIpc) is 2.38. The van der Waals surface area contributed by atoms with Gasteiger partial charge in [-0.15, -0.1) is 0 Å². The second-order valence-corrected chi connectivity index (χ2v) is 7.38. The van der Waals surface area contributed by atoms with Crippen molar-refractivity contribution in [3.63, 3.8) is 0 Å². The highest BCUT2D eigenvalue weighted by molar-refractivity contribution is 5.68. The maximum absolute atomic E-state index is 11.9. The molecule has 0 bridgehead atoms. The molecular weight excluding hydrogens is 266 g/mol. The lowest BCUT2D eigenvalue weighted by Crippen LogP contribution is -2.51. The van der Waals surface area contributed by atoms with Gasteiger partial charge in [0.1, 0.15) is 5.60 Å². The van der Waals surface area contributed by atoms with Gasteiger partial charge < -0.3 is 10.1 Å². The highest BCUT2D eigenvalue weighted by Gasteiger charge is 2.26. The smallest absolute Gasteiger partial charge is 0.407 e. The predicted octanol–water partition coefficient (Wildman–Crippen LogP) is 2.81. The van der Waals surface area contributed by atoms with Gasteiger partial charge in [0.05, 0.1) is 0 Å². The second kappa shape index (κ2) is 7.45. The number of hydrazine groups is 1. The summed E-state index contributed by atoms with van der Waals surface area (Å²) in [5.74, 6) is 0. The first-order valence-electron chi connectivity index (χ1n) is 8.43. The number of carbonyl (C=O) groups excluding carboxylic acids is 1. The van der Waals surface area contributed by atoms with Crippen molar-refractivity contribution in [2.45, 2.75) is 83.4 Å². The van der Waals surface area contributed by atoms with Crippen LogP contribution in [-0.2, 0) is 4.74 Å². The molecule has 1 aliphatic carbocycles. The van der Waals surface area contributed by atoms with Crippen LogP contribution in [0.1, 0.15) is 65.7 Å². The summed E-state index contributed by atoms with van der Waals surface area (Å²) >= 11 is 0. The van der Waals surface area contributed by atoms with Gasteiger partial charge in [-0.1, -0.05) is 6.42 Å². The lowest BCUT2D eigenvalue weighted by atomic mass is 9.91. The van der Waals surface area contributed by atoms with Gasteiger partial charge in [-0.2, -0.15) is 0 Å². The SMILES string of the molecule is CC(C)(C)OC(=O)NC1CCCC(NN2CCCCC2)C1. The zero-order valence-electron chi connectivity index (χ0n) is 13.8. The van der Waals surface area contributed by atoms with E-state index >= 15 is 0 Å². The van der Waals surface area contributed by atoms with E-state index in [1.807, 2.05) is 20.8 Å². The first-order chi connectivity index (χ1) is 9.92. The fourth-order valence-corrected chi connectivity index (χ4v) is 3.19. The molecule has 1 aliphatic heterocycles. The van der Waals surface area contributed by atoms with Gasteiger partial charge in [-0.3, -0.25) is 5.43 Å². The molecule has 2 fully saturated rings. The summed E-state index contributed by atoms with van der Waals surface area (Å²) in [6.45, 7) is 8.00. The number of carbonyl (C=O) groups is 1. The van der Waals surface area contributed by atoms with E-state index in [4.69, 9.17) is 4.74 Å². The standard InChI is InChI=1S/C16H31N3O2/c1-16(2,3)21-15(20)17-13-8-7-9-14(12-13)18-19-10-5-4-6-11-19/h13-14,18H,4-12H2,1-3H3,(H,17,20). The topological polar surface area (TPSA) is 53.6 Å². The Bertz CT molecular complexity index is 335. The third-order valence-electron chi connectivity index (χ3n) is 4.12. The molecule has 2 aliphatic rings. The van der Waals surface area contributed by atoms with Crippen molar-refractivity contribution < 1.29 is 9.53 Å². The fourth-order valence-electron chi connectivity index (χ4n) is 3.19. The maximum Gasteiger partial charge on any atom is 0.407 e. The van der Waals surface area contributed by atoms with Crippen LogP contribution in [0.5, 0.6) is 0 Å². The van der Waals surface area contributed by atoms with Crippen molar-refractivity contribution in [1.29, 1.82) is 0 Å². The van der Waals surface area contributed by atoms with E-state index in [0.717, 1.165) is 32.4 Å². The van der Waals surface area contributed by atoms with E-state index in [1.165, 1.54) is 25.7 Å². The molecule has 5 heteroatoms. The molecule has 122 valence electrons. The Labute approximate surface area is 128 Å². The van der Waals surface area contributed by atoms with E-state index in [1.54, 1.807) is 0 Å². The molecule has 1 saturated carbocycles. The Morgan fingerprint density at radius 2 is 1.71 bits per heavy atom. The minimum Gasteiger partial charge on any atom is -0.444 e. The summed E-state index contributed by atoms with van der Waals surface area (Å²) in [6.07, 6.45) is 8.05. The van der Waals surface area contributed by atoms with Crippen LogP contribution in [0.4, 0.5) is 4.79 Å². The zero-order chi connectivity index (χ0) is 15.3. The molecule has 1 heterocycles. The molecule has 0 aromatic carbocycles. The monoisotopic (exact) mass is 297 g/mol. The molecule has 0 aromatic heterocycles. The molecule has 0 radical (unpaired) electrons. The van der Waals surface area contributed by atoms with Crippen LogP contribution in [0, 0.1) is 0 Å². The minimum atomic E-state index is -0.426. The summed E-state index contributed by atoms with van der Waals surface area (Å²) in [5, 5.41) is 5.39. The largest absolute Gasteiger partial charge is 0.444 e. The van der Waals surface area contributed by atoms with Gasteiger partial charge in [-0.25, -0.2) is 9.80 Å². The van der Waals surface area contributed by atoms with Crippen molar-refractivity contribution in [2.24, 2.45) is 0 Å². The summed E-state index contributed by atoms with van der Waals surface area (Å²) in [4.78, 5) is 11.9. The normalized spacial score (nSPS) is 28.1. The Balaban J connectivity index is 1.73. The molecule has 2 N–H and O–H groups in total. The van der Waals surface area contributed by atoms with Crippen molar-refractivity contribution in [3.8, 4) is 0 Å². The van der Waals surface area contributed by atoms with Crippen molar-refractivity contribution in [1.82, 2.24) is 15.8 Å². The van der Waals surface area contributed by atoms with Crippen LogP contribution in [0.25, 0.3) is 0 Å². The minimum absolute atomic E-state index is 0.232. The van der Waals surface area contributed by atoms with Crippen molar-refractivity contribution >= 4 is 6.09 Å². The van der Waals surface area contributed by atoms with E-state index in [2.05, 4.69) is 15.8 Å². The Morgan fingerprint density at radius 3 is 2.38 bits per heavy atom. The van der Waals surface area contributed by atoms with Gasteiger partial charge in [-0.05, 0) is 59.3 Å². The Kier molecular flexibility index (Phi) is 5.88. The van der Waals surface area contributed by atoms with Gasteiger partial charge in [0.25, 0.3) is 0 Å². The number of ether oxygens (including phenoxy) is 1. The predicted molar refractivity (Wildman–Crippen MR) is 84.0 cm³/mol. The van der Waals surface area contributed by atoms with E-state index in [0.29, 0.717) is 6.04 Å². The number of piperidine rings is 1. The first-order valence-corrected chi connectivity index (χ1v) is 8.43.